The van der Waals surface area contributed by atoms with Crippen LogP contribution in [0.1, 0.15) is 21.7 Å². The Labute approximate surface area is 133 Å². The molecule has 1 aromatic heterocycles. The number of alkyl halides is 3. The smallest absolute Gasteiger partial charge is 0.507 e. The third kappa shape index (κ3) is 4.48. The van der Waals surface area contributed by atoms with E-state index in [1.807, 2.05) is 0 Å². The number of hydrogen-bond acceptors (Lipinski definition) is 5. The van der Waals surface area contributed by atoms with E-state index in [-0.39, 0.29) is 5.76 Å². The Balaban J connectivity index is 2.16. The van der Waals surface area contributed by atoms with Crippen LogP contribution in [0.3, 0.4) is 0 Å². The molecule has 0 aliphatic rings. The van der Waals surface area contributed by atoms with Crippen molar-refractivity contribution in [2.24, 2.45) is 0 Å². The van der Waals surface area contributed by atoms with Crippen molar-refractivity contribution in [3.05, 3.63) is 63.7 Å². The minimum absolute atomic E-state index is 0.151. The van der Waals surface area contributed by atoms with Gasteiger partial charge in [0.05, 0.1) is 0 Å². The zero-order valence-electron chi connectivity index (χ0n) is 12.3. The van der Waals surface area contributed by atoms with Crippen molar-refractivity contribution < 1.29 is 32.2 Å². The first-order valence-electron chi connectivity index (χ1n) is 6.57. The lowest BCUT2D eigenvalue weighted by atomic mass is 10.1. The summed E-state index contributed by atoms with van der Waals surface area (Å²) in [5.74, 6) is -1.55. The summed E-state index contributed by atoms with van der Waals surface area (Å²) in [7, 11) is 0. The van der Waals surface area contributed by atoms with Crippen molar-refractivity contribution in [1.82, 2.24) is 0 Å². The van der Waals surface area contributed by atoms with Gasteiger partial charge in [-0.1, -0.05) is 18.2 Å². The molecule has 0 saturated carbocycles. The van der Waals surface area contributed by atoms with E-state index >= 15 is 0 Å². The van der Waals surface area contributed by atoms with Gasteiger partial charge in [0.1, 0.15) is 22.8 Å². The van der Waals surface area contributed by atoms with Crippen LogP contribution in [0.25, 0.3) is 6.08 Å². The first-order chi connectivity index (χ1) is 11.2. The molecule has 5 nitrogen and oxygen atoms in total. The first-order valence-corrected chi connectivity index (χ1v) is 6.57. The fourth-order valence-corrected chi connectivity index (χ4v) is 1.86. The average molecular weight is 340 g/mol. The van der Waals surface area contributed by atoms with Gasteiger partial charge in [-0.25, -0.2) is 4.79 Å². The maximum Gasteiger partial charge on any atom is 0.573 e. The standard InChI is InChI=1S/C16H11F3O5/c1-9-8-13(21)14(15(22)23-9)12(20)7-4-10-2-5-11(6-3-10)24-16(17,18)19/h2-8,21H,1H3/b7-4+. The van der Waals surface area contributed by atoms with Crippen molar-refractivity contribution in [2.45, 2.75) is 13.3 Å². The molecule has 1 aromatic carbocycles. The van der Waals surface area contributed by atoms with Gasteiger partial charge in [-0.3, -0.25) is 4.79 Å². The van der Waals surface area contributed by atoms with Crippen molar-refractivity contribution >= 4 is 11.9 Å². The summed E-state index contributed by atoms with van der Waals surface area (Å²) in [6.07, 6.45) is -2.51. The quantitative estimate of drug-likeness (QED) is 0.681. The molecule has 0 atom stereocenters. The monoisotopic (exact) mass is 340 g/mol. The average Bonchev–Trinajstić information content (AvgIpc) is 2.43. The van der Waals surface area contributed by atoms with Gasteiger partial charge in [0.2, 0.25) is 0 Å². The maximum absolute atomic E-state index is 12.0. The number of carbonyl (C=O) groups excluding carboxylic acids is 1. The van der Waals surface area contributed by atoms with E-state index in [9.17, 15) is 27.9 Å². The van der Waals surface area contributed by atoms with Gasteiger partial charge < -0.3 is 14.3 Å². The number of aryl methyl sites for hydroxylation is 1. The van der Waals surface area contributed by atoms with Crippen LogP contribution in [0, 0.1) is 6.92 Å². The van der Waals surface area contributed by atoms with E-state index in [0.717, 1.165) is 24.3 Å². The fourth-order valence-electron chi connectivity index (χ4n) is 1.86. The Bertz CT molecular complexity index is 832. The van der Waals surface area contributed by atoms with Crippen LogP contribution in [0.5, 0.6) is 11.5 Å². The maximum atomic E-state index is 12.0. The number of allylic oxidation sites excluding steroid dienone is 1. The minimum Gasteiger partial charge on any atom is -0.507 e. The summed E-state index contributed by atoms with van der Waals surface area (Å²) in [5.41, 5.74) is -1.10. The number of ether oxygens (including phenoxy) is 1. The molecule has 0 saturated heterocycles. The molecule has 2 rings (SSSR count). The topological polar surface area (TPSA) is 76.7 Å². The molecule has 0 fully saturated rings. The van der Waals surface area contributed by atoms with Crippen LogP contribution in [-0.2, 0) is 0 Å². The molecule has 24 heavy (non-hydrogen) atoms. The van der Waals surface area contributed by atoms with Crippen molar-refractivity contribution in [1.29, 1.82) is 0 Å². The summed E-state index contributed by atoms with van der Waals surface area (Å²) in [6.45, 7) is 1.44. The van der Waals surface area contributed by atoms with E-state index in [1.165, 1.54) is 25.1 Å². The molecule has 1 N–H and O–H groups in total. The number of carbonyl (C=O) groups is 1. The molecule has 0 bridgehead atoms. The van der Waals surface area contributed by atoms with Gasteiger partial charge in [0.25, 0.3) is 0 Å². The molecule has 126 valence electrons. The molecule has 0 aliphatic heterocycles. The molecular weight excluding hydrogens is 329 g/mol. The highest BCUT2D eigenvalue weighted by molar-refractivity contribution is 6.08. The highest BCUT2D eigenvalue weighted by Crippen LogP contribution is 2.23. The molecule has 2 aromatic rings. The highest BCUT2D eigenvalue weighted by atomic mass is 19.4. The lowest BCUT2D eigenvalue weighted by Gasteiger charge is -2.08. The van der Waals surface area contributed by atoms with E-state index < -0.39 is 34.8 Å². The summed E-state index contributed by atoms with van der Waals surface area (Å²) < 4.78 is 44.6. The number of halogens is 3. The van der Waals surface area contributed by atoms with Crippen LogP contribution < -0.4 is 10.4 Å². The zero-order chi connectivity index (χ0) is 17.9. The molecule has 1 heterocycles. The Morgan fingerprint density at radius 3 is 2.42 bits per heavy atom. The number of benzene rings is 1. The van der Waals surface area contributed by atoms with Gasteiger partial charge in [0.15, 0.2) is 5.78 Å². The third-order valence-corrected chi connectivity index (χ3v) is 2.84. The minimum atomic E-state index is -4.79. The van der Waals surface area contributed by atoms with Crippen LogP contribution in [0.4, 0.5) is 13.2 Å². The summed E-state index contributed by atoms with van der Waals surface area (Å²) >= 11 is 0. The zero-order valence-corrected chi connectivity index (χ0v) is 12.3. The van der Waals surface area contributed by atoms with E-state index in [2.05, 4.69) is 4.74 Å². The Morgan fingerprint density at radius 2 is 1.88 bits per heavy atom. The Hall–Kier alpha value is -3.03. The second-order valence-electron chi connectivity index (χ2n) is 4.72. The second-order valence-corrected chi connectivity index (χ2v) is 4.72. The van der Waals surface area contributed by atoms with Crippen molar-refractivity contribution in [2.75, 3.05) is 0 Å². The molecule has 0 unspecified atom stereocenters. The van der Waals surface area contributed by atoms with Gasteiger partial charge in [-0.2, -0.15) is 0 Å². The Kier molecular flexibility index (Phi) is 4.77. The lowest BCUT2D eigenvalue weighted by Crippen LogP contribution is -2.16. The van der Waals surface area contributed by atoms with E-state index in [0.29, 0.717) is 5.56 Å². The van der Waals surface area contributed by atoms with Gasteiger partial charge in [0, 0.05) is 6.07 Å². The van der Waals surface area contributed by atoms with Crippen molar-refractivity contribution in [3.8, 4) is 11.5 Å². The number of rotatable bonds is 4. The number of aromatic hydroxyl groups is 1. The second kappa shape index (κ2) is 6.61. The summed E-state index contributed by atoms with van der Waals surface area (Å²) in [6, 6.07) is 5.88. The van der Waals surface area contributed by atoms with Crippen LogP contribution in [0.15, 0.2) is 45.6 Å². The van der Waals surface area contributed by atoms with Gasteiger partial charge >= 0.3 is 12.0 Å². The molecule has 0 amide bonds. The molecule has 0 radical (unpaired) electrons. The normalized spacial score (nSPS) is 11.7. The SMILES string of the molecule is Cc1cc(O)c(C(=O)/C=C/c2ccc(OC(F)(F)F)cc2)c(=O)o1. The first kappa shape index (κ1) is 17.3. The lowest BCUT2D eigenvalue weighted by molar-refractivity contribution is -0.274. The summed E-state index contributed by atoms with van der Waals surface area (Å²) in [4.78, 5) is 23.5. The fraction of sp³-hybridized carbons (Fsp3) is 0.125. The summed E-state index contributed by atoms with van der Waals surface area (Å²) in [5, 5.41) is 9.65. The van der Waals surface area contributed by atoms with Crippen LogP contribution in [0.2, 0.25) is 0 Å². The largest absolute Gasteiger partial charge is 0.573 e. The van der Waals surface area contributed by atoms with Crippen LogP contribution >= 0.6 is 0 Å². The Morgan fingerprint density at radius 1 is 1.25 bits per heavy atom. The third-order valence-electron chi connectivity index (χ3n) is 2.84. The van der Waals surface area contributed by atoms with Gasteiger partial charge in [-0.15, -0.1) is 13.2 Å². The van der Waals surface area contributed by atoms with E-state index in [1.54, 1.807) is 0 Å². The van der Waals surface area contributed by atoms with E-state index in [4.69, 9.17) is 4.42 Å². The number of ketones is 1. The van der Waals surface area contributed by atoms with Crippen LogP contribution in [-0.4, -0.2) is 17.3 Å². The molecule has 8 heteroatoms. The molecular formula is C16H11F3O5. The number of hydrogen-bond donors (Lipinski definition) is 1. The highest BCUT2D eigenvalue weighted by Gasteiger charge is 2.30. The predicted molar refractivity (Wildman–Crippen MR) is 77.9 cm³/mol. The molecule has 0 spiro atoms. The predicted octanol–water partition coefficient (Wildman–Crippen LogP) is 3.45. The van der Waals surface area contributed by atoms with Gasteiger partial charge in [-0.05, 0) is 30.7 Å². The van der Waals surface area contributed by atoms with Crippen molar-refractivity contribution in [3.63, 3.8) is 0 Å². The molecule has 0 aliphatic carbocycles.